The predicted molar refractivity (Wildman–Crippen MR) is 93.0 cm³/mol. The molecule has 0 aromatic heterocycles. The van der Waals surface area contributed by atoms with Crippen molar-refractivity contribution in [2.45, 2.75) is 25.7 Å². The molecule has 136 valence electrons. The molecule has 1 heterocycles. The van der Waals surface area contributed by atoms with E-state index in [4.69, 9.17) is 0 Å². The van der Waals surface area contributed by atoms with Crippen LogP contribution in [0.1, 0.15) is 25.7 Å². The summed E-state index contributed by atoms with van der Waals surface area (Å²) in [4.78, 5) is 48.0. The maximum Gasteiger partial charge on any atom is 0.269 e. The lowest BCUT2D eigenvalue weighted by Gasteiger charge is -2.14. The van der Waals surface area contributed by atoms with Crippen LogP contribution in [0, 0.1) is 22.0 Å². The Morgan fingerprint density at radius 2 is 1.69 bits per heavy atom. The number of amides is 3. The van der Waals surface area contributed by atoms with E-state index in [-0.39, 0.29) is 48.2 Å². The molecule has 3 amide bonds. The number of nitrogens with one attached hydrogen (secondary N) is 1. The molecule has 2 atom stereocenters. The molecule has 0 radical (unpaired) electrons. The van der Waals surface area contributed by atoms with Gasteiger partial charge in [0.15, 0.2) is 0 Å². The lowest BCUT2D eigenvalue weighted by Crippen LogP contribution is -2.32. The van der Waals surface area contributed by atoms with Crippen LogP contribution in [0.3, 0.4) is 0 Å². The van der Waals surface area contributed by atoms with Crippen LogP contribution >= 0.6 is 0 Å². The zero-order valence-electron chi connectivity index (χ0n) is 14.1. The van der Waals surface area contributed by atoms with E-state index in [1.54, 1.807) is 0 Å². The van der Waals surface area contributed by atoms with Gasteiger partial charge in [-0.2, -0.15) is 0 Å². The minimum atomic E-state index is -0.511. The molecule has 1 aromatic rings. The molecule has 1 N–H and O–H groups in total. The van der Waals surface area contributed by atoms with Gasteiger partial charge in [0.05, 0.1) is 16.8 Å². The Labute approximate surface area is 150 Å². The highest BCUT2D eigenvalue weighted by Crippen LogP contribution is 2.35. The molecular formula is C18H19N3O5. The summed E-state index contributed by atoms with van der Waals surface area (Å²) in [5, 5.41) is 13.2. The monoisotopic (exact) mass is 357 g/mol. The average Bonchev–Trinajstić information content (AvgIpc) is 2.87. The summed E-state index contributed by atoms with van der Waals surface area (Å²) in [5.74, 6) is -1.04. The van der Waals surface area contributed by atoms with E-state index < -0.39 is 4.92 Å². The first kappa shape index (κ1) is 17.8. The fourth-order valence-corrected chi connectivity index (χ4v) is 3.38. The number of anilines is 1. The third-order valence-corrected chi connectivity index (χ3v) is 4.75. The number of non-ortho nitro benzene ring substituents is 1. The molecule has 26 heavy (non-hydrogen) atoms. The van der Waals surface area contributed by atoms with Gasteiger partial charge in [0.1, 0.15) is 0 Å². The minimum Gasteiger partial charge on any atom is -0.326 e. The summed E-state index contributed by atoms with van der Waals surface area (Å²) in [7, 11) is 0. The minimum absolute atomic E-state index is 0.0509. The number of hydrogen-bond acceptors (Lipinski definition) is 5. The van der Waals surface area contributed by atoms with Crippen molar-refractivity contribution in [2.24, 2.45) is 11.8 Å². The smallest absolute Gasteiger partial charge is 0.269 e. The van der Waals surface area contributed by atoms with Gasteiger partial charge >= 0.3 is 0 Å². The molecular weight excluding hydrogens is 338 g/mol. The SMILES string of the molecule is O=C(CCCN1C(=O)[C@@H]2CC=CC[C@H]2C1=O)Nc1ccc([N+](=O)[O-])cc1. The van der Waals surface area contributed by atoms with Gasteiger partial charge in [0.25, 0.3) is 5.69 Å². The number of hydrogen-bond donors (Lipinski definition) is 1. The Bertz CT molecular complexity index is 746. The molecule has 1 saturated heterocycles. The first-order valence-corrected chi connectivity index (χ1v) is 8.52. The van der Waals surface area contributed by atoms with Crippen molar-refractivity contribution in [3.05, 3.63) is 46.5 Å². The van der Waals surface area contributed by atoms with Crippen molar-refractivity contribution < 1.29 is 19.3 Å². The van der Waals surface area contributed by atoms with Gasteiger partial charge in [-0.1, -0.05) is 12.2 Å². The standard InChI is InChI=1S/C18H19N3O5/c22-16(19-12-7-9-13(10-8-12)21(25)26)6-3-11-20-17(23)14-4-1-2-5-15(14)18(20)24/h1-2,7-10,14-15H,3-6,11H2,(H,19,22)/t14-,15-/m1/s1. The van der Waals surface area contributed by atoms with Crippen LogP contribution < -0.4 is 5.32 Å². The zero-order valence-corrected chi connectivity index (χ0v) is 14.1. The van der Waals surface area contributed by atoms with Gasteiger partial charge in [0, 0.05) is 30.8 Å². The first-order chi connectivity index (χ1) is 12.5. The van der Waals surface area contributed by atoms with E-state index >= 15 is 0 Å². The summed E-state index contributed by atoms with van der Waals surface area (Å²) < 4.78 is 0. The van der Waals surface area contributed by atoms with Gasteiger partial charge in [-0.15, -0.1) is 0 Å². The Morgan fingerprint density at radius 1 is 1.12 bits per heavy atom. The van der Waals surface area contributed by atoms with Crippen LogP contribution in [0.5, 0.6) is 0 Å². The average molecular weight is 357 g/mol. The first-order valence-electron chi connectivity index (χ1n) is 8.52. The number of carbonyl (C=O) groups is 3. The number of nitrogens with zero attached hydrogens (tertiary/aromatic N) is 2. The quantitative estimate of drug-likeness (QED) is 0.363. The summed E-state index contributed by atoms with van der Waals surface area (Å²) in [6.07, 6.45) is 5.62. The van der Waals surface area contributed by atoms with Crippen LogP contribution in [-0.2, 0) is 14.4 Å². The molecule has 0 bridgehead atoms. The second-order valence-corrected chi connectivity index (χ2v) is 6.44. The van der Waals surface area contributed by atoms with Gasteiger partial charge < -0.3 is 5.32 Å². The second kappa shape index (κ2) is 7.47. The third kappa shape index (κ3) is 3.63. The Kier molecular flexibility index (Phi) is 5.11. The number of likely N-dealkylation sites (tertiary alicyclic amines) is 1. The molecule has 8 heteroatoms. The van der Waals surface area contributed by atoms with Gasteiger partial charge in [-0.25, -0.2) is 0 Å². The molecule has 1 aliphatic carbocycles. The number of carbonyl (C=O) groups excluding carboxylic acids is 3. The zero-order chi connectivity index (χ0) is 18.7. The molecule has 0 saturated carbocycles. The van der Waals surface area contributed by atoms with Crippen molar-refractivity contribution in [2.75, 3.05) is 11.9 Å². The van der Waals surface area contributed by atoms with E-state index in [2.05, 4.69) is 5.32 Å². The van der Waals surface area contributed by atoms with Crippen molar-refractivity contribution >= 4 is 29.1 Å². The van der Waals surface area contributed by atoms with E-state index in [0.29, 0.717) is 24.9 Å². The lowest BCUT2D eigenvalue weighted by molar-refractivity contribution is -0.384. The fraction of sp³-hybridized carbons (Fsp3) is 0.389. The molecule has 0 unspecified atom stereocenters. The van der Waals surface area contributed by atoms with Crippen LogP contribution in [0.4, 0.5) is 11.4 Å². The maximum absolute atomic E-state index is 12.3. The molecule has 1 fully saturated rings. The number of benzene rings is 1. The highest BCUT2D eigenvalue weighted by molar-refractivity contribution is 6.05. The topological polar surface area (TPSA) is 110 Å². The molecule has 8 nitrogen and oxygen atoms in total. The number of rotatable bonds is 6. The normalized spacial score (nSPS) is 21.6. The lowest BCUT2D eigenvalue weighted by atomic mass is 9.85. The van der Waals surface area contributed by atoms with Crippen molar-refractivity contribution in [3.63, 3.8) is 0 Å². The maximum atomic E-state index is 12.3. The Morgan fingerprint density at radius 3 is 2.23 bits per heavy atom. The fourth-order valence-electron chi connectivity index (χ4n) is 3.38. The van der Waals surface area contributed by atoms with Crippen LogP contribution in [0.15, 0.2) is 36.4 Å². The molecule has 1 aromatic carbocycles. The van der Waals surface area contributed by atoms with Crippen molar-refractivity contribution in [1.29, 1.82) is 0 Å². The summed E-state index contributed by atoms with van der Waals surface area (Å²) in [6.45, 7) is 0.234. The van der Waals surface area contributed by atoms with E-state index in [1.165, 1.54) is 29.2 Å². The number of nitro benzene ring substituents is 1. The number of imide groups is 1. The van der Waals surface area contributed by atoms with Crippen molar-refractivity contribution in [3.8, 4) is 0 Å². The van der Waals surface area contributed by atoms with Crippen LogP contribution in [0.2, 0.25) is 0 Å². The Balaban J connectivity index is 1.47. The van der Waals surface area contributed by atoms with Crippen LogP contribution in [-0.4, -0.2) is 34.1 Å². The number of nitro groups is 1. The van der Waals surface area contributed by atoms with Gasteiger partial charge in [-0.05, 0) is 31.4 Å². The summed E-state index contributed by atoms with van der Waals surface area (Å²) >= 11 is 0. The van der Waals surface area contributed by atoms with E-state index in [9.17, 15) is 24.5 Å². The van der Waals surface area contributed by atoms with Gasteiger partial charge in [0.2, 0.25) is 17.7 Å². The Hall–Kier alpha value is -3.03. The molecule has 0 spiro atoms. The number of fused-ring (bicyclic) bond motifs is 1. The van der Waals surface area contributed by atoms with E-state index in [1.807, 2.05) is 12.2 Å². The van der Waals surface area contributed by atoms with Gasteiger partial charge in [-0.3, -0.25) is 29.4 Å². The summed E-state index contributed by atoms with van der Waals surface area (Å²) in [6, 6.07) is 5.54. The van der Waals surface area contributed by atoms with E-state index in [0.717, 1.165) is 0 Å². The van der Waals surface area contributed by atoms with Crippen molar-refractivity contribution in [1.82, 2.24) is 4.90 Å². The predicted octanol–water partition coefficient (Wildman–Crippen LogP) is 2.26. The largest absolute Gasteiger partial charge is 0.326 e. The van der Waals surface area contributed by atoms with Crippen LogP contribution in [0.25, 0.3) is 0 Å². The second-order valence-electron chi connectivity index (χ2n) is 6.44. The molecule has 1 aliphatic heterocycles. The number of allylic oxidation sites excluding steroid dienone is 2. The summed E-state index contributed by atoms with van der Waals surface area (Å²) in [5.41, 5.74) is 0.413. The third-order valence-electron chi connectivity index (χ3n) is 4.75. The molecule has 3 rings (SSSR count). The highest BCUT2D eigenvalue weighted by atomic mass is 16.6. The highest BCUT2D eigenvalue weighted by Gasteiger charge is 2.46. The molecule has 2 aliphatic rings.